The topological polar surface area (TPSA) is 45.0 Å². The van der Waals surface area contributed by atoms with Crippen molar-refractivity contribution in [3.63, 3.8) is 0 Å². The maximum Gasteiger partial charge on any atom is 0.119 e. The van der Waals surface area contributed by atoms with Crippen LogP contribution in [0.3, 0.4) is 0 Å². The highest BCUT2D eigenvalue weighted by Crippen LogP contribution is 2.23. The van der Waals surface area contributed by atoms with Crippen LogP contribution in [0, 0.1) is 17.2 Å². The third-order valence-corrected chi connectivity index (χ3v) is 3.05. The van der Waals surface area contributed by atoms with Gasteiger partial charge in [-0.05, 0) is 32.6 Å². The first-order valence-electron chi connectivity index (χ1n) is 6.45. The smallest absolute Gasteiger partial charge is 0.119 e. The van der Waals surface area contributed by atoms with Gasteiger partial charge in [-0.25, -0.2) is 0 Å². The molecule has 1 aliphatic carbocycles. The van der Waals surface area contributed by atoms with Gasteiger partial charge in [0, 0.05) is 12.6 Å². The van der Waals surface area contributed by atoms with Gasteiger partial charge in [0.1, 0.15) is 6.04 Å². The molecule has 1 unspecified atom stereocenters. The van der Waals surface area contributed by atoms with Gasteiger partial charge in [-0.3, -0.25) is 5.32 Å². The van der Waals surface area contributed by atoms with Crippen molar-refractivity contribution < 1.29 is 4.74 Å². The van der Waals surface area contributed by atoms with Crippen molar-refractivity contribution in [2.24, 2.45) is 5.92 Å². The minimum atomic E-state index is -0.163. The molecule has 16 heavy (non-hydrogen) atoms. The molecule has 0 aliphatic heterocycles. The summed E-state index contributed by atoms with van der Waals surface area (Å²) >= 11 is 0. The van der Waals surface area contributed by atoms with Gasteiger partial charge >= 0.3 is 0 Å². The lowest BCUT2D eigenvalue weighted by Crippen LogP contribution is -2.37. The first-order valence-corrected chi connectivity index (χ1v) is 6.45. The molecule has 3 heteroatoms. The minimum Gasteiger partial charge on any atom is -0.378 e. The lowest BCUT2D eigenvalue weighted by molar-refractivity contribution is 0.0766. The van der Waals surface area contributed by atoms with Gasteiger partial charge in [0.05, 0.1) is 12.7 Å². The summed E-state index contributed by atoms with van der Waals surface area (Å²) in [7, 11) is 0. The standard InChI is InChI=1S/C13H24N2O/c1-11(2)15-13(8-14)10-16-9-12-6-4-3-5-7-12/h11-13,15H,3-7,9-10H2,1-2H3. The summed E-state index contributed by atoms with van der Waals surface area (Å²) < 4.78 is 5.64. The van der Waals surface area contributed by atoms with Crippen LogP contribution in [-0.4, -0.2) is 25.3 Å². The molecule has 1 rings (SSSR count). The molecule has 0 radical (unpaired) electrons. The lowest BCUT2D eigenvalue weighted by Gasteiger charge is -2.22. The third-order valence-electron chi connectivity index (χ3n) is 3.05. The predicted molar refractivity (Wildman–Crippen MR) is 65.1 cm³/mol. The summed E-state index contributed by atoms with van der Waals surface area (Å²) in [5.41, 5.74) is 0. The molecule has 0 saturated heterocycles. The van der Waals surface area contributed by atoms with Crippen LogP contribution in [0.25, 0.3) is 0 Å². The third kappa shape index (κ3) is 5.48. The van der Waals surface area contributed by atoms with E-state index < -0.39 is 0 Å². The molecular formula is C13H24N2O. The van der Waals surface area contributed by atoms with Gasteiger partial charge in [-0.2, -0.15) is 5.26 Å². The summed E-state index contributed by atoms with van der Waals surface area (Å²) in [6.45, 7) is 5.44. The number of nitriles is 1. The average Bonchev–Trinajstić information content (AvgIpc) is 2.28. The molecule has 0 amide bonds. The fourth-order valence-electron chi connectivity index (χ4n) is 2.23. The van der Waals surface area contributed by atoms with Gasteiger partial charge in [-0.15, -0.1) is 0 Å². The molecule has 0 aromatic rings. The van der Waals surface area contributed by atoms with Crippen LogP contribution in [0.4, 0.5) is 0 Å². The maximum absolute atomic E-state index is 8.92. The van der Waals surface area contributed by atoms with Crippen LogP contribution in [0.5, 0.6) is 0 Å². The van der Waals surface area contributed by atoms with E-state index in [-0.39, 0.29) is 6.04 Å². The monoisotopic (exact) mass is 224 g/mol. The summed E-state index contributed by atoms with van der Waals surface area (Å²) in [5.74, 6) is 0.729. The van der Waals surface area contributed by atoms with Crippen LogP contribution in [0.1, 0.15) is 46.0 Å². The van der Waals surface area contributed by atoms with Gasteiger partial charge < -0.3 is 4.74 Å². The summed E-state index contributed by atoms with van der Waals surface area (Å²) in [4.78, 5) is 0. The highest BCUT2D eigenvalue weighted by atomic mass is 16.5. The van der Waals surface area contributed by atoms with Crippen molar-refractivity contribution in [3.8, 4) is 6.07 Å². The SMILES string of the molecule is CC(C)NC(C#N)COCC1CCCCC1. The quantitative estimate of drug-likeness (QED) is 0.754. The fraction of sp³-hybridized carbons (Fsp3) is 0.923. The Kier molecular flexibility index (Phi) is 6.44. The molecule has 1 aliphatic rings. The van der Waals surface area contributed by atoms with E-state index in [0.717, 1.165) is 12.5 Å². The Bertz CT molecular complexity index is 216. The first kappa shape index (κ1) is 13.5. The van der Waals surface area contributed by atoms with Crippen LogP contribution in [0.2, 0.25) is 0 Å². The van der Waals surface area contributed by atoms with Crippen molar-refractivity contribution in [3.05, 3.63) is 0 Å². The lowest BCUT2D eigenvalue weighted by atomic mass is 9.90. The molecule has 0 aromatic carbocycles. The van der Waals surface area contributed by atoms with E-state index in [1.807, 2.05) is 13.8 Å². The second kappa shape index (κ2) is 7.65. The maximum atomic E-state index is 8.92. The highest BCUT2D eigenvalue weighted by molar-refractivity contribution is 4.90. The zero-order valence-electron chi connectivity index (χ0n) is 10.5. The molecule has 1 saturated carbocycles. The van der Waals surface area contributed by atoms with Crippen LogP contribution in [0.15, 0.2) is 0 Å². The Balaban J connectivity index is 2.10. The summed E-state index contributed by atoms with van der Waals surface area (Å²) in [6, 6.07) is 2.41. The normalized spacial score (nSPS) is 19.6. The second-order valence-corrected chi connectivity index (χ2v) is 5.04. The first-order chi connectivity index (χ1) is 7.72. The van der Waals surface area contributed by atoms with E-state index in [1.54, 1.807) is 0 Å². The van der Waals surface area contributed by atoms with Gasteiger partial charge in [0.25, 0.3) is 0 Å². The van der Waals surface area contributed by atoms with Crippen molar-refractivity contribution in [2.75, 3.05) is 13.2 Å². The van der Waals surface area contributed by atoms with E-state index >= 15 is 0 Å². The number of hydrogen-bond donors (Lipinski definition) is 1. The number of hydrogen-bond acceptors (Lipinski definition) is 3. The molecule has 1 N–H and O–H groups in total. The van der Waals surface area contributed by atoms with E-state index in [4.69, 9.17) is 10.00 Å². The Morgan fingerprint density at radius 2 is 2.00 bits per heavy atom. The Hall–Kier alpha value is -0.590. The fourth-order valence-corrected chi connectivity index (χ4v) is 2.23. The molecule has 0 aromatic heterocycles. The van der Waals surface area contributed by atoms with Crippen LogP contribution in [-0.2, 0) is 4.74 Å². The molecular weight excluding hydrogens is 200 g/mol. The van der Waals surface area contributed by atoms with E-state index in [9.17, 15) is 0 Å². The van der Waals surface area contributed by atoms with Gasteiger partial charge in [-0.1, -0.05) is 19.3 Å². The van der Waals surface area contributed by atoms with Crippen LogP contribution >= 0.6 is 0 Å². The Morgan fingerprint density at radius 1 is 1.31 bits per heavy atom. The number of nitrogens with zero attached hydrogens (tertiary/aromatic N) is 1. The van der Waals surface area contributed by atoms with Crippen molar-refractivity contribution in [2.45, 2.75) is 58.0 Å². The molecule has 0 heterocycles. The Morgan fingerprint density at radius 3 is 2.56 bits per heavy atom. The Labute approximate surface area is 99.2 Å². The molecule has 1 atom stereocenters. The average molecular weight is 224 g/mol. The van der Waals surface area contributed by atoms with Gasteiger partial charge in [0.2, 0.25) is 0 Å². The molecule has 0 bridgehead atoms. The van der Waals surface area contributed by atoms with Crippen molar-refractivity contribution in [1.29, 1.82) is 5.26 Å². The summed E-state index contributed by atoms with van der Waals surface area (Å²) in [6.07, 6.45) is 6.68. The van der Waals surface area contributed by atoms with Gasteiger partial charge in [0.15, 0.2) is 0 Å². The highest BCUT2D eigenvalue weighted by Gasteiger charge is 2.15. The second-order valence-electron chi connectivity index (χ2n) is 5.04. The molecule has 92 valence electrons. The molecule has 1 fully saturated rings. The zero-order chi connectivity index (χ0) is 11.8. The minimum absolute atomic E-state index is 0.163. The van der Waals surface area contributed by atoms with Crippen molar-refractivity contribution >= 4 is 0 Å². The number of rotatable bonds is 6. The largest absolute Gasteiger partial charge is 0.378 e. The van der Waals surface area contributed by atoms with E-state index in [2.05, 4.69) is 11.4 Å². The summed E-state index contributed by atoms with van der Waals surface area (Å²) in [5, 5.41) is 12.1. The van der Waals surface area contributed by atoms with Crippen LogP contribution < -0.4 is 5.32 Å². The van der Waals surface area contributed by atoms with Crippen molar-refractivity contribution in [1.82, 2.24) is 5.32 Å². The predicted octanol–water partition coefficient (Wildman–Crippen LogP) is 2.47. The zero-order valence-corrected chi connectivity index (χ0v) is 10.5. The number of nitrogens with one attached hydrogen (secondary N) is 1. The molecule has 3 nitrogen and oxygen atoms in total. The van der Waals surface area contributed by atoms with E-state index in [1.165, 1.54) is 32.1 Å². The van der Waals surface area contributed by atoms with E-state index in [0.29, 0.717) is 12.6 Å². The number of ether oxygens (including phenoxy) is 1. The molecule has 0 spiro atoms.